The van der Waals surface area contributed by atoms with Crippen LogP contribution in [0.1, 0.15) is 39.0 Å². The Labute approximate surface area is 62.4 Å². The Morgan fingerprint density at radius 2 is 2.00 bits per heavy atom. The number of aliphatic hydroxyl groups is 1. The average Bonchev–Trinajstić information content (AvgIpc) is 1.86. The van der Waals surface area contributed by atoms with E-state index >= 15 is 0 Å². The lowest BCUT2D eigenvalue weighted by molar-refractivity contribution is -0.140. The summed E-state index contributed by atoms with van der Waals surface area (Å²) in [7, 11) is 0. The zero-order valence-electron chi connectivity index (χ0n) is 6.64. The van der Waals surface area contributed by atoms with Gasteiger partial charge in [-0.3, -0.25) is 0 Å². The van der Waals surface area contributed by atoms with Crippen LogP contribution >= 0.6 is 0 Å². The lowest BCUT2D eigenvalue weighted by Crippen LogP contribution is -2.52. The summed E-state index contributed by atoms with van der Waals surface area (Å²) in [4.78, 5) is 0. The molecule has 58 valence electrons. The topological polar surface area (TPSA) is 20.2 Å². The van der Waals surface area contributed by atoms with Crippen LogP contribution in [0.2, 0.25) is 0 Å². The highest BCUT2D eigenvalue weighted by molar-refractivity contribution is 5.00. The van der Waals surface area contributed by atoms with Gasteiger partial charge in [-0.2, -0.15) is 0 Å². The second kappa shape index (κ2) is 1.97. The van der Waals surface area contributed by atoms with Gasteiger partial charge in [-0.15, -0.1) is 0 Å². The average molecular weight is 140 g/mol. The standard InChI is InChI=1S/C9H16O/c1-9(10)6-7-4-2-3-5-8(7)9/h7-8,10H,2-6H2,1H3. The molecular weight excluding hydrogens is 124 g/mol. The molecule has 2 fully saturated rings. The lowest BCUT2D eigenvalue weighted by Gasteiger charge is -2.52. The highest BCUT2D eigenvalue weighted by Gasteiger charge is 2.49. The van der Waals surface area contributed by atoms with Crippen LogP contribution < -0.4 is 0 Å². The predicted molar refractivity (Wildman–Crippen MR) is 40.7 cm³/mol. The van der Waals surface area contributed by atoms with Gasteiger partial charge in [0.25, 0.3) is 0 Å². The fraction of sp³-hybridized carbons (Fsp3) is 1.00. The Balaban J connectivity index is 2.01. The van der Waals surface area contributed by atoms with E-state index in [2.05, 4.69) is 0 Å². The Morgan fingerprint density at radius 1 is 1.30 bits per heavy atom. The fourth-order valence-electron chi connectivity index (χ4n) is 2.79. The minimum atomic E-state index is -0.287. The quantitative estimate of drug-likeness (QED) is 0.545. The summed E-state index contributed by atoms with van der Waals surface area (Å²) in [5, 5.41) is 9.71. The van der Waals surface area contributed by atoms with Crippen LogP contribution in [0, 0.1) is 11.8 Å². The molecule has 2 saturated carbocycles. The van der Waals surface area contributed by atoms with Gasteiger partial charge in [0.05, 0.1) is 5.60 Å². The van der Waals surface area contributed by atoms with E-state index in [0.29, 0.717) is 5.92 Å². The van der Waals surface area contributed by atoms with Gasteiger partial charge < -0.3 is 5.11 Å². The minimum absolute atomic E-state index is 0.287. The van der Waals surface area contributed by atoms with Crippen molar-refractivity contribution in [2.75, 3.05) is 0 Å². The Morgan fingerprint density at radius 3 is 2.50 bits per heavy atom. The molecule has 1 heteroatoms. The van der Waals surface area contributed by atoms with E-state index in [4.69, 9.17) is 0 Å². The molecule has 1 nitrogen and oxygen atoms in total. The van der Waals surface area contributed by atoms with Gasteiger partial charge in [-0.25, -0.2) is 0 Å². The monoisotopic (exact) mass is 140 g/mol. The summed E-state index contributed by atoms with van der Waals surface area (Å²) in [6.45, 7) is 2.00. The van der Waals surface area contributed by atoms with Crippen molar-refractivity contribution >= 4 is 0 Å². The molecule has 3 atom stereocenters. The second-order valence-corrected chi connectivity index (χ2v) is 4.21. The molecule has 0 spiro atoms. The third-order valence-corrected chi connectivity index (χ3v) is 3.38. The van der Waals surface area contributed by atoms with Crippen LogP contribution in [0.4, 0.5) is 0 Å². The van der Waals surface area contributed by atoms with Crippen molar-refractivity contribution in [3.63, 3.8) is 0 Å². The molecule has 1 N–H and O–H groups in total. The maximum Gasteiger partial charge on any atom is 0.0653 e. The van der Waals surface area contributed by atoms with E-state index in [9.17, 15) is 5.11 Å². The van der Waals surface area contributed by atoms with Crippen molar-refractivity contribution in [2.45, 2.75) is 44.6 Å². The number of hydrogen-bond acceptors (Lipinski definition) is 1. The molecule has 0 heterocycles. The summed E-state index contributed by atoms with van der Waals surface area (Å²) in [6.07, 6.45) is 6.46. The molecule has 3 unspecified atom stereocenters. The van der Waals surface area contributed by atoms with E-state index in [1.54, 1.807) is 0 Å². The highest BCUT2D eigenvalue weighted by Crippen LogP contribution is 2.51. The third-order valence-electron chi connectivity index (χ3n) is 3.38. The van der Waals surface area contributed by atoms with E-state index in [1.807, 2.05) is 6.92 Å². The molecule has 10 heavy (non-hydrogen) atoms. The van der Waals surface area contributed by atoms with Gasteiger partial charge in [0.1, 0.15) is 0 Å². The van der Waals surface area contributed by atoms with E-state index in [0.717, 1.165) is 12.3 Å². The summed E-state index contributed by atoms with van der Waals surface area (Å²) >= 11 is 0. The summed E-state index contributed by atoms with van der Waals surface area (Å²) in [5.74, 6) is 1.53. The van der Waals surface area contributed by atoms with Gasteiger partial charge in [0.15, 0.2) is 0 Å². The van der Waals surface area contributed by atoms with Crippen LogP contribution in [-0.4, -0.2) is 10.7 Å². The largest absolute Gasteiger partial charge is 0.390 e. The summed E-state index contributed by atoms with van der Waals surface area (Å²) in [5.41, 5.74) is -0.287. The first-order valence-corrected chi connectivity index (χ1v) is 4.42. The first-order valence-electron chi connectivity index (χ1n) is 4.42. The van der Waals surface area contributed by atoms with Crippen molar-refractivity contribution < 1.29 is 5.11 Å². The molecule has 0 amide bonds. The van der Waals surface area contributed by atoms with Crippen molar-refractivity contribution in [1.29, 1.82) is 0 Å². The van der Waals surface area contributed by atoms with Crippen LogP contribution in [-0.2, 0) is 0 Å². The summed E-state index contributed by atoms with van der Waals surface area (Å²) in [6, 6.07) is 0. The Kier molecular flexibility index (Phi) is 1.31. The SMILES string of the molecule is CC1(O)CC2CCCCC21. The molecule has 0 bridgehead atoms. The maximum atomic E-state index is 9.71. The Bertz CT molecular complexity index is 140. The van der Waals surface area contributed by atoms with Crippen LogP contribution in [0.25, 0.3) is 0 Å². The lowest BCUT2D eigenvalue weighted by atomic mass is 9.56. The fourth-order valence-corrected chi connectivity index (χ4v) is 2.79. The molecule has 0 aromatic heterocycles. The van der Waals surface area contributed by atoms with E-state index in [1.165, 1.54) is 25.7 Å². The van der Waals surface area contributed by atoms with E-state index < -0.39 is 0 Å². The zero-order valence-corrected chi connectivity index (χ0v) is 6.64. The van der Waals surface area contributed by atoms with Crippen LogP contribution in [0.15, 0.2) is 0 Å². The van der Waals surface area contributed by atoms with Gasteiger partial charge in [0, 0.05) is 0 Å². The van der Waals surface area contributed by atoms with Crippen LogP contribution in [0.3, 0.4) is 0 Å². The van der Waals surface area contributed by atoms with Gasteiger partial charge in [-0.05, 0) is 38.0 Å². The van der Waals surface area contributed by atoms with Gasteiger partial charge >= 0.3 is 0 Å². The van der Waals surface area contributed by atoms with Crippen molar-refractivity contribution in [2.24, 2.45) is 11.8 Å². The Hall–Kier alpha value is -0.0400. The van der Waals surface area contributed by atoms with Crippen molar-refractivity contribution in [3.8, 4) is 0 Å². The normalized spacial score (nSPS) is 53.4. The number of hydrogen-bond donors (Lipinski definition) is 1. The molecule has 2 rings (SSSR count). The van der Waals surface area contributed by atoms with Gasteiger partial charge in [-0.1, -0.05) is 12.8 Å². The van der Waals surface area contributed by atoms with E-state index in [-0.39, 0.29) is 5.60 Å². The number of rotatable bonds is 0. The van der Waals surface area contributed by atoms with Crippen LogP contribution in [0.5, 0.6) is 0 Å². The van der Waals surface area contributed by atoms with Crippen molar-refractivity contribution in [1.82, 2.24) is 0 Å². The predicted octanol–water partition coefficient (Wildman–Crippen LogP) is 1.95. The third kappa shape index (κ3) is 0.800. The second-order valence-electron chi connectivity index (χ2n) is 4.21. The smallest absolute Gasteiger partial charge is 0.0653 e. The summed E-state index contributed by atoms with van der Waals surface area (Å²) < 4.78 is 0. The first-order chi connectivity index (χ1) is 4.70. The highest BCUT2D eigenvalue weighted by atomic mass is 16.3. The molecule has 0 aliphatic heterocycles. The first kappa shape index (κ1) is 6.66. The molecule has 0 aromatic rings. The maximum absolute atomic E-state index is 9.71. The molecule has 2 aliphatic carbocycles. The molecule has 0 saturated heterocycles. The van der Waals surface area contributed by atoms with Gasteiger partial charge in [0.2, 0.25) is 0 Å². The molecular formula is C9H16O. The zero-order chi connectivity index (χ0) is 7.19. The molecule has 2 aliphatic rings. The molecule has 0 aromatic carbocycles. The number of fused-ring (bicyclic) bond motifs is 1. The minimum Gasteiger partial charge on any atom is -0.390 e. The van der Waals surface area contributed by atoms with Crippen molar-refractivity contribution in [3.05, 3.63) is 0 Å². The molecule has 0 radical (unpaired) electrons.